The van der Waals surface area contributed by atoms with Gasteiger partial charge in [0.15, 0.2) is 0 Å². The van der Waals surface area contributed by atoms with E-state index in [-0.39, 0.29) is 5.56 Å². The number of carboxylic acid groups (broad SMARTS) is 1. The topological polar surface area (TPSA) is 53.4 Å². The predicted octanol–water partition coefficient (Wildman–Crippen LogP) is 2.57. The highest BCUT2D eigenvalue weighted by Crippen LogP contribution is 2.26. The molecule has 0 amide bonds. The van der Waals surface area contributed by atoms with Gasteiger partial charge in [0, 0.05) is 13.1 Å². The number of hydrogen-bond donors (Lipinski definition) is 1. The van der Waals surface area contributed by atoms with E-state index in [2.05, 4.69) is 23.7 Å². The minimum atomic E-state index is -0.910. The monoisotopic (exact) mass is 248 g/mol. The van der Waals surface area contributed by atoms with Gasteiger partial charge in [-0.1, -0.05) is 13.8 Å². The van der Waals surface area contributed by atoms with E-state index >= 15 is 0 Å². The summed E-state index contributed by atoms with van der Waals surface area (Å²) in [6, 6.07) is 3.47. The molecule has 1 N–H and O–H groups in total. The maximum Gasteiger partial charge on any atom is 0.337 e. The molecule has 98 valence electrons. The van der Waals surface area contributed by atoms with Crippen molar-refractivity contribution in [2.24, 2.45) is 11.8 Å². The molecule has 1 fully saturated rings. The van der Waals surface area contributed by atoms with Crippen molar-refractivity contribution in [1.82, 2.24) is 4.98 Å². The van der Waals surface area contributed by atoms with Gasteiger partial charge in [-0.15, -0.1) is 0 Å². The molecule has 0 bridgehead atoms. The third-order valence-corrected chi connectivity index (χ3v) is 3.96. The third kappa shape index (κ3) is 2.47. The minimum absolute atomic E-state index is 0.289. The predicted molar refractivity (Wildman–Crippen MR) is 71.1 cm³/mol. The van der Waals surface area contributed by atoms with E-state index in [0.29, 0.717) is 11.6 Å². The Morgan fingerprint density at radius 1 is 1.39 bits per heavy atom. The summed E-state index contributed by atoms with van der Waals surface area (Å²) in [4.78, 5) is 17.6. The first kappa shape index (κ1) is 12.9. The number of nitrogens with zero attached hydrogens (tertiary/aromatic N) is 2. The van der Waals surface area contributed by atoms with Crippen LogP contribution in [0.2, 0.25) is 0 Å². The molecule has 4 heteroatoms. The Kier molecular flexibility index (Phi) is 3.55. The van der Waals surface area contributed by atoms with E-state index < -0.39 is 5.97 Å². The van der Waals surface area contributed by atoms with Gasteiger partial charge in [0.05, 0.1) is 11.3 Å². The molecule has 2 rings (SSSR count). The Labute approximate surface area is 108 Å². The van der Waals surface area contributed by atoms with Crippen LogP contribution in [0, 0.1) is 18.8 Å². The Hall–Kier alpha value is -1.58. The fourth-order valence-corrected chi connectivity index (χ4v) is 2.42. The highest BCUT2D eigenvalue weighted by molar-refractivity contribution is 5.89. The van der Waals surface area contributed by atoms with E-state index in [1.165, 1.54) is 6.42 Å². The maximum absolute atomic E-state index is 11.0. The molecule has 1 aromatic heterocycles. The van der Waals surface area contributed by atoms with Crippen LogP contribution in [0.4, 0.5) is 5.82 Å². The number of aromatic carboxylic acids is 1. The number of pyridine rings is 1. The lowest BCUT2D eigenvalue weighted by molar-refractivity contribution is 0.0695. The normalized spacial score (nSPS) is 24.1. The molecule has 0 radical (unpaired) electrons. The van der Waals surface area contributed by atoms with Crippen LogP contribution in [0.3, 0.4) is 0 Å². The van der Waals surface area contributed by atoms with Crippen molar-refractivity contribution in [1.29, 1.82) is 0 Å². The van der Waals surface area contributed by atoms with E-state index in [4.69, 9.17) is 5.11 Å². The number of aromatic nitrogens is 1. The zero-order valence-corrected chi connectivity index (χ0v) is 11.2. The van der Waals surface area contributed by atoms with Gasteiger partial charge in [0.2, 0.25) is 0 Å². The van der Waals surface area contributed by atoms with Crippen molar-refractivity contribution in [2.75, 3.05) is 18.0 Å². The molecule has 18 heavy (non-hydrogen) atoms. The average Bonchev–Trinajstić information content (AvgIpc) is 2.32. The Morgan fingerprint density at radius 3 is 2.67 bits per heavy atom. The first-order chi connectivity index (χ1) is 8.49. The fraction of sp³-hybridized carbons (Fsp3) is 0.571. The highest BCUT2D eigenvalue weighted by Gasteiger charge is 2.23. The molecule has 1 aliphatic heterocycles. The van der Waals surface area contributed by atoms with Gasteiger partial charge in [-0.2, -0.15) is 0 Å². The van der Waals surface area contributed by atoms with E-state index in [9.17, 15) is 4.79 Å². The molecule has 2 unspecified atom stereocenters. The lowest BCUT2D eigenvalue weighted by Crippen LogP contribution is -2.39. The Bertz CT molecular complexity index is 459. The first-order valence-corrected chi connectivity index (χ1v) is 6.45. The van der Waals surface area contributed by atoms with Crippen LogP contribution in [-0.4, -0.2) is 29.1 Å². The van der Waals surface area contributed by atoms with Crippen molar-refractivity contribution < 1.29 is 9.90 Å². The van der Waals surface area contributed by atoms with Gasteiger partial charge in [-0.3, -0.25) is 0 Å². The van der Waals surface area contributed by atoms with Crippen molar-refractivity contribution >= 4 is 11.8 Å². The molecule has 1 aliphatic rings. The SMILES string of the molecule is Cc1nc(N2CCC(C)C(C)C2)ccc1C(=O)O. The van der Waals surface area contributed by atoms with E-state index in [0.717, 1.165) is 24.8 Å². The Morgan fingerprint density at radius 2 is 2.11 bits per heavy atom. The van der Waals surface area contributed by atoms with Crippen molar-refractivity contribution in [3.63, 3.8) is 0 Å². The van der Waals surface area contributed by atoms with Gasteiger partial charge in [0.1, 0.15) is 5.82 Å². The number of rotatable bonds is 2. The number of aryl methyl sites for hydroxylation is 1. The smallest absolute Gasteiger partial charge is 0.337 e. The van der Waals surface area contributed by atoms with Crippen molar-refractivity contribution in [3.8, 4) is 0 Å². The Balaban J connectivity index is 2.19. The number of carbonyl (C=O) groups is 1. The quantitative estimate of drug-likeness (QED) is 0.874. The van der Waals surface area contributed by atoms with Gasteiger partial charge in [-0.25, -0.2) is 9.78 Å². The molecular weight excluding hydrogens is 228 g/mol. The van der Waals surface area contributed by atoms with Gasteiger partial charge < -0.3 is 10.0 Å². The molecule has 1 aromatic rings. The lowest BCUT2D eigenvalue weighted by atomic mass is 9.89. The van der Waals surface area contributed by atoms with E-state index in [1.807, 2.05) is 6.07 Å². The molecule has 2 atom stereocenters. The van der Waals surface area contributed by atoms with Crippen molar-refractivity contribution in [2.45, 2.75) is 27.2 Å². The molecule has 0 saturated carbocycles. The highest BCUT2D eigenvalue weighted by atomic mass is 16.4. The summed E-state index contributed by atoms with van der Waals surface area (Å²) in [7, 11) is 0. The first-order valence-electron chi connectivity index (χ1n) is 6.45. The summed E-state index contributed by atoms with van der Waals surface area (Å²) < 4.78 is 0. The van der Waals surface area contributed by atoms with Crippen LogP contribution in [-0.2, 0) is 0 Å². The summed E-state index contributed by atoms with van der Waals surface area (Å²) in [5.74, 6) is 1.39. The summed E-state index contributed by atoms with van der Waals surface area (Å²) >= 11 is 0. The second-order valence-electron chi connectivity index (χ2n) is 5.30. The standard InChI is InChI=1S/C14H20N2O2/c1-9-6-7-16(8-10(9)2)13-5-4-12(14(17)18)11(3)15-13/h4-5,9-10H,6-8H2,1-3H3,(H,17,18). The van der Waals surface area contributed by atoms with E-state index in [1.54, 1.807) is 13.0 Å². The van der Waals surface area contributed by atoms with Crippen LogP contribution >= 0.6 is 0 Å². The van der Waals surface area contributed by atoms with Gasteiger partial charge in [0.25, 0.3) is 0 Å². The largest absolute Gasteiger partial charge is 0.478 e. The molecule has 0 spiro atoms. The molecule has 4 nitrogen and oxygen atoms in total. The summed E-state index contributed by atoms with van der Waals surface area (Å²) in [5.41, 5.74) is 0.878. The summed E-state index contributed by atoms with van der Waals surface area (Å²) in [5, 5.41) is 8.99. The molecule has 2 heterocycles. The summed E-state index contributed by atoms with van der Waals surface area (Å²) in [6.45, 7) is 8.30. The molecule has 1 saturated heterocycles. The van der Waals surface area contributed by atoms with Crippen LogP contribution in [0.1, 0.15) is 36.3 Å². The maximum atomic E-state index is 11.0. The van der Waals surface area contributed by atoms with Gasteiger partial charge in [-0.05, 0) is 37.3 Å². The summed E-state index contributed by atoms with van der Waals surface area (Å²) in [6.07, 6.45) is 1.17. The zero-order valence-electron chi connectivity index (χ0n) is 11.2. The fourth-order valence-electron chi connectivity index (χ4n) is 2.42. The second kappa shape index (κ2) is 4.96. The number of hydrogen-bond acceptors (Lipinski definition) is 3. The third-order valence-electron chi connectivity index (χ3n) is 3.96. The number of carboxylic acids is 1. The molecule has 0 aliphatic carbocycles. The number of piperidine rings is 1. The molecule has 0 aromatic carbocycles. The second-order valence-corrected chi connectivity index (χ2v) is 5.30. The van der Waals surface area contributed by atoms with Crippen LogP contribution < -0.4 is 4.90 Å². The van der Waals surface area contributed by atoms with Crippen LogP contribution in [0.5, 0.6) is 0 Å². The van der Waals surface area contributed by atoms with Crippen LogP contribution in [0.15, 0.2) is 12.1 Å². The average molecular weight is 248 g/mol. The van der Waals surface area contributed by atoms with Gasteiger partial charge >= 0.3 is 5.97 Å². The van der Waals surface area contributed by atoms with Crippen molar-refractivity contribution in [3.05, 3.63) is 23.4 Å². The zero-order chi connectivity index (χ0) is 13.3. The molecular formula is C14H20N2O2. The minimum Gasteiger partial charge on any atom is -0.478 e. The number of anilines is 1. The lowest BCUT2D eigenvalue weighted by Gasteiger charge is -2.36. The van der Waals surface area contributed by atoms with Crippen LogP contribution in [0.25, 0.3) is 0 Å².